The Kier molecular flexibility index (Phi) is 5.32. The zero-order valence-corrected chi connectivity index (χ0v) is 14.6. The third-order valence-corrected chi connectivity index (χ3v) is 5.76. The number of aliphatic hydroxyl groups excluding tert-OH is 1. The lowest BCUT2D eigenvalue weighted by Gasteiger charge is -2.53. The van der Waals surface area contributed by atoms with E-state index in [0.717, 1.165) is 32.1 Å². The van der Waals surface area contributed by atoms with E-state index in [9.17, 15) is 9.90 Å². The third-order valence-electron chi connectivity index (χ3n) is 5.76. The van der Waals surface area contributed by atoms with Crippen LogP contribution in [-0.4, -0.2) is 28.2 Å². The molecule has 0 heterocycles. The molecule has 3 nitrogen and oxygen atoms in total. The van der Waals surface area contributed by atoms with Gasteiger partial charge in [0.2, 0.25) is 0 Å². The predicted molar refractivity (Wildman–Crippen MR) is 92.9 cm³/mol. The van der Waals surface area contributed by atoms with Gasteiger partial charge in [-0.2, -0.15) is 0 Å². The van der Waals surface area contributed by atoms with Crippen LogP contribution in [0.5, 0.6) is 0 Å². The van der Waals surface area contributed by atoms with E-state index in [1.165, 1.54) is 30.2 Å². The molecular weight excluding hydrogens is 288 g/mol. The summed E-state index contributed by atoms with van der Waals surface area (Å²) in [5.74, 6) is 0.823. The second-order valence-electron chi connectivity index (χ2n) is 7.83. The Labute approximate surface area is 139 Å². The normalized spacial score (nSPS) is 36.7. The summed E-state index contributed by atoms with van der Waals surface area (Å²) in [5.41, 5.74) is 0.966. The highest BCUT2D eigenvalue weighted by Crippen LogP contribution is 2.57. The number of fused-ring (bicyclic) bond motifs is 1. The van der Waals surface area contributed by atoms with Gasteiger partial charge in [-0.15, -0.1) is 0 Å². The molecule has 0 amide bonds. The van der Waals surface area contributed by atoms with Crippen molar-refractivity contribution in [2.75, 3.05) is 6.61 Å². The highest BCUT2D eigenvalue weighted by atomic mass is 16.3. The quantitative estimate of drug-likeness (QED) is 0.615. The van der Waals surface area contributed by atoms with Gasteiger partial charge in [-0.05, 0) is 69.9 Å². The molecule has 1 saturated carbocycles. The summed E-state index contributed by atoms with van der Waals surface area (Å²) in [6.45, 7) is 9.57. The molecule has 0 aromatic rings. The monoisotopic (exact) mass is 318 g/mol. The summed E-state index contributed by atoms with van der Waals surface area (Å²) in [7, 11) is 0. The first-order chi connectivity index (χ1) is 10.7. The van der Waals surface area contributed by atoms with Gasteiger partial charge in [0.15, 0.2) is 5.78 Å². The Hall–Kier alpha value is -1.19. The van der Waals surface area contributed by atoms with Gasteiger partial charge in [-0.3, -0.25) is 4.79 Å². The fourth-order valence-corrected chi connectivity index (χ4v) is 3.94. The average molecular weight is 318 g/mol. The van der Waals surface area contributed by atoms with Gasteiger partial charge < -0.3 is 10.2 Å². The maximum Gasteiger partial charge on any atom is 0.161 e. The van der Waals surface area contributed by atoms with Crippen LogP contribution in [0.2, 0.25) is 0 Å². The number of allylic oxidation sites excluding steroid dienone is 4. The van der Waals surface area contributed by atoms with Crippen LogP contribution in [0.1, 0.15) is 52.9 Å². The van der Waals surface area contributed by atoms with E-state index in [1.807, 2.05) is 6.92 Å². The molecule has 0 aliphatic heterocycles. The number of aliphatic hydroxyl groups is 2. The van der Waals surface area contributed by atoms with Crippen LogP contribution in [0, 0.1) is 17.3 Å². The van der Waals surface area contributed by atoms with Gasteiger partial charge in [0, 0.05) is 5.41 Å². The van der Waals surface area contributed by atoms with Crippen molar-refractivity contribution in [3.63, 3.8) is 0 Å². The van der Waals surface area contributed by atoms with Crippen LogP contribution in [0.25, 0.3) is 0 Å². The molecule has 1 fully saturated rings. The molecule has 0 bridgehead atoms. The second-order valence-corrected chi connectivity index (χ2v) is 7.83. The minimum absolute atomic E-state index is 0.0566. The molecular formula is C20H30O3. The molecule has 2 N–H and O–H groups in total. The fraction of sp³-hybridized carbons (Fsp3) is 0.650. The van der Waals surface area contributed by atoms with E-state index in [1.54, 1.807) is 0 Å². The van der Waals surface area contributed by atoms with E-state index in [0.29, 0.717) is 11.8 Å². The molecule has 2 aliphatic rings. The molecule has 2 aliphatic carbocycles. The third kappa shape index (κ3) is 3.84. The van der Waals surface area contributed by atoms with Gasteiger partial charge in [0.05, 0.1) is 6.61 Å². The Balaban J connectivity index is 2.15. The summed E-state index contributed by atoms with van der Waals surface area (Å²) < 4.78 is 0. The number of carbonyl (C=O) groups excluding carboxylic acids is 1. The maximum atomic E-state index is 12.7. The van der Waals surface area contributed by atoms with Crippen LogP contribution < -0.4 is 0 Å². The summed E-state index contributed by atoms with van der Waals surface area (Å²) in [6, 6.07) is 0. The molecule has 0 radical (unpaired) electrons. The topological polar surface area (TPSA) is 57.5 Å². The Morgan fingerprint density at radius 3 is 2.87 bits per heavy atom. The molecule has 4 atom stereocenters. The van der Waals surface area contributed by atoms with Crippen molar-refractivity contribution < 1.29 is 15.0 Å². The van der Waals surface area contributed by atoms with Crippen molar-refractivity contribution in [1.82, 2.24) is 0 Å². The summed E-state index contributed by atoms with van der Waals surface area (Å²) >= 11 is 0. The zero-order valence-electron chi connectivity index (χ0n) is 14.6. The SMILES string of the molecule is C=C1CC/C=C(\C)CC[C@@H]2[C@@H]1C[C@@]2(C)C(=O)/C=C/[C@@](C)(O)CO. The number of rotatable bonds is 4. The molecule has 0 aromatic heterocycles. The lowest BCUT2D eigenvalue weighted by atomic mass is 9.49. The van der Waals surface area contributed by atoms with Crippen LogP contribution in [0.3, 0.4) is 0 Å². The largest absolute Gasteiger partial charge is 0.393 e. The van der Waals surface area contributed by atoms with Gasteiger partial charge >= 0.3 is 0 Å². The maximum absolute atomic E-state index is 12.7. The van der Waals surface area contributed by atoms with Crippen LogP contribution in [-0.2, 0) is 4.79 Å². The van der Waals surface area contributed by atoms with Gasteiger partial charge in [-0.25, -0.2) is 0 Å². The van der Waals surface area contributed by atoms with Crippen molar-refractivity contribution >= 4 is 5.78 Å². The first kappa shape index (κ1) is 18.2. The highest BCUT2D eigenvalue weighted by molar-refractivity contribution is 5.95. The molecule has 0 saturated heterocycles. The molecule has 128 valence electrons. The molecule has 0 aromatic carbocycles. The number of carbonyl (C=O) groups is 1. The lowest BCUT2D eigenvalue weighted by molar-refractivity contribution is -0.137. The van der Waals surface area contributed by atoms with E-state index >= 15 is 0 Å². The van der Waals surface area contributed by atoms with Crippen LogP contribution in [0.4, 0.5) is 0 Å². The molecule has 3 heteroatoms. The predicted octanol–water partition coefficient (Wildman–Crippen LogP) is 3.57. The highest BCUT2D eigenvalue weighted by Gasteiger charge is 2.54. The Bertz CT molecular complexity index is 541. The van der Waals surface area contributed by atoms with E-state index in [-0.39, 0.29) is 17.8 Å². The standard InChI is InChI=1S/C20H30O3/c1-14-6-5-7-15(2)16-12-20(4,17(16)9-8-14)18(22)10-11-19(3,23)13-21/h6,10-11,16-17,21,23H,2,5,7-9,12-13H2,1,3-4H3/b11-10+,14-6+/t16-,17-,19-,20-/m1/s1. The van der Waals surface area contributed by atoms with Crippen molar-refractivity contribution in [1.29, 1.82) is 0 Å². The lowest BCUT2D eigenvalue weighted by Crippen LogP contribution is -2.51. The average Bonchev–Trinajstić information content (AvgIpc) is 2.54. The first-order valence-electron chi connectivity index (χ1n) is 8.60. The number of hydrogen-bond donors (Lipinski definition) is 2. The Morgan fingerprint density at radius 1 is 1.52 bits per heavy atom. The summed E-state index contributed by atoms with van der Waals surface area (Å²) in [4.78, 5) is 12.7. The first-order valence-corrected chi connectivity index (χ1v) is 8.60. The smallest absolute Gasteiger partial charge is 0.161 e. The zero-order chi connectivity index (χ0) is 17.3. The van der Waals surface area contributed by atoms with Crippen LogP contribution >= 0.6 is 0 Å². The fourth-order valence-electron chi connectivity index (χ4n) is 3.94. The Morgan fingerprint density at radius 2 is 2.22 bits per heavy atom. The molecule has 2 rings (SSSR count). The van der Waals surface area contributed by atoms with Gasteiger partial charge in [0.1, 0.15) is 5.60 Å². The van der Waals surface area contributed by atoms with E-state index in [2.05, 4.69) is 19.6 Å². The van der Waals surface area contributed by atoms with Crippen molar-refractivity contribution in [2.24, 2.45) is 17.3 Å². The minimum atomic E-state index is -1.34. The van der Waals surface area contributed by atoms with Crippen LogP contribution in [0.15, 0.2) is 36.0 Å². The van der Waals surface area contributed by atoms with Crippen molar-refractivity contribution in [3.8, 4) is 0 Å². The van der Waals surface area contributed by atoms with E-state index < -0.39 is 5.60 Å². The van der Waals surface area contributed by atoms with Gasteiger partial charge in [0.25, 0.3) is 0 Å². The molecule has 0 spiro atoms. The molecule has 23 heavy (non-hydrogen) atoms. The summed E-state index contributed by atoms with van der Waals surface area (Å²) in [6.07, 6.45) is 10.1. The minimum Gasteiger partial charge on any atom is -0.393 e. The summed E-state index contributed by atoms with van der Waals surface area (Å²) in [5, 5.41) is 18.9. The second kappa shape index (κ2) is 6.74. The molecule has 0 unspecified atom stereocenters. The van der Waals surface area contributed by atoms with Crippen molar-refractivity contribution in [3.05, 3.63) is 36.0 Å². The van der Waals surface area contributed by atoms with Gasteiger partial charge in [-0.1, -0.05) is 30.7 Å². The number of hydrogen-bond acceptors (Lipinski definition) is 3. The van der Waals surface area contributed by atoms with Crippen molar-refractivity contribution in [2.45, 2.75) is 58.5 Å². The number of ketones is 1. The van der Waals surface area contributed by atoms with E-state index in [4.69, 9.17) is 5.11 Å².